The van der Waals surface area contributed by atoms with Gasteiger partial charge in [0.2, 0.25) is 5.91 Å². The van der Waals surface area contributed by atoms with Gasteiger partial charge in [-0.15, -0.1) is 0 Å². The van der Waals surface area contributed by atoms with Gasteiger partial charge in [0.25, 0.3) is 5.91 Å². The summed E-state index contributed by atoms with van der Waals surface area (Å²) in [6, 6.07) is 13.3. The van der Waals surface area contributed by atoms with Crippen molar-refractivity contribution in [1.82, 2.24) is 4.90 Å². The molecule has 2 aromatic carbocycles. The van der Waals surface area contributed by atoms with Crippen molar-refractivity contribution in [3.63, 3.8) is 0 Å². The molecule has 0 heterocycles. The van der Waals surface area contributed by atoms with E-state index in [1.165, 1.54) is 4.90 Å². The monoisotopic (exact) mass is 270 g/mol. The van der Waals surface area contributed by atoms with Crippen LogP contribution in [0, 0.1) is 0 Å². The van der Waals surface area contributed by atoms with Gasteiger partial charge in [-0.1, -0.05) is 30.3 Å². The van der Waals surface area contributed by atoms with E-state index in [1.54, 1.807) is 6.07 Å². The van der Waals surface area contributed by atoms with Crippen LogP contribution in [0.15, 0.2) is 42.5 Å². The Morgan fingerprint density at radius 1 is 1.10 bits per heavy atom. The van der Waals surface area contributed by atoms with Crippen LogP contribution in [0.3, 0.4) is 0 Å². The topological polar surface area (TPSA) is 63.4 Å². The van der Waals surface area contributed by atoms with Crippen LogP contribution in [0.1, 0.15) is 24.2 Å². The van der Waals surface area contributed by atoms with Gasteiger partial charge in [-0.25, -0.2) is 0 Å². The molecule has 0 saturated carbocycles. The molecular formula is C16H18N2O2. The number of rotatable bonds is 4. The Hall–Kier alpha value is -2.36. The minimum Gasteiger partial charge on any atom is -0.368 e. The Labute approximate surface area is 118 Å². The highest BCUT2D eigenvalue weighted by atomic mass is 16.2. The minimum absolute atomic E-state index is 0.0661. The van der Waals surface area contributed by atoms with Gasteiger partial charge in [-0.05, 0) is 36.8 Å². The van der Waals surface area contributed by atoms with Crippen molar-refractivity contribution in [3.05, 3.63) is 48.0 Å². The Morgan fingerprint density at radius 3 is 2.35 bits per heavy atom. The number of hydrogen-bond acceptors (Lipinski definition) is 2. The molecule has 0 bridgehead atoms. The maximum Gasteiger partial charge on any atom is 0.254 e. The lowest BCUT2D eigenvalue weighted by atomic mass is 10.1. The van der Waals surface area contributed by atoms with E-state index in [0.29, 0.717) is 5.56 Å². The third kappa shape index (κ3) is 2.96. The van der Waals surface area contributed by atoms with Gasteiger partial charge in [-0.3, -0.25) is 9.59 Å². The van der Waals surface area contributed by atoms with Crippen molar-refractivity contribution in [1.29, 1.82) is 0 Å². The number of nitrogens with zero attached hydrogens (tertiary/aromatic N) is 1. The fourth-order valence-electron chi connectivity index (χ4n) is 2.14. The number of amides is 2. The summed E-state index contributed by atoms with van der Waals surface area (Å²) in [6.07, 6.45) is 0. The average molecular weight is 270 g/mol. The fraction of sp³-hybridized carbons (Fsp3) is 0.250. The van der Waals surface area contributed by atoms with E-state index in [4.69, 9.17) is 5.73 Å². The lowest BCUT2D eigenvalue weighted by Crippen LogP contribution is -2.42. The second kappa shape index (κ2) is 5.74. The molecule has 2 aromatic rings. The van der Waals surface area contributed by atoms with Crippen LogP contribution in [0.4, 0.5) is 0 Å². The predicted octanol–water partition coefficient (Wildman–Crippen LogP) is 2.18. The van der Waals surface area contributed by atoms with Gasteiger partial charge in [0.05, 0.1) is 6.54 Å². The van der Waals surface area contributed by atoms with Gasteiger partial charge in [0.15, 0.2) is 0 Å². The van der Waals surface area contributed by atoms with Gasteiger partial charge >= 0.3 is 0 Å². The van der Waals surface area contributed by atoms with E-state index in [-0.39, 0.29) is 18.5 Å². The maximum atomic E-state index is 12.5. The zero-order chi connectivity index (χ0) is 14.7. The first kappa shape index (κ1) is 14.1. The minimum atomic E-state index is -0.507. The number of fused-ring (bicyclic) bond motifs is 1. The fourth-order valence-corrected chi connectivity index (χ4v) is 2.14. The molecule has 4 nitrogen and oxygen atoms in total. The highest BCUT2D eigenvalue weighted by Gasteiger charge is 2.20. The largest absolute Gasteiger partial charge is 0.368 e. The van der Waals surface area contributed by atoms with Crippen molar-refractivity contribution >= 4 is 22.6 Å². The molecule has 20 heavy (non-hydrogen) atoms. The van der Waals surface area contributed by atoms with Crippen LogP contribution in [0.25, 0.3) is 10.8 Å². The number of carbonyl (C=O) groups excluding carboxylic acids is 2. The second-order valence-corrected chi connectivity index (χ2v) is 5.06. The van der Waals surface area contributed by atoms with Gasteiger partial charge in [0, 0.05) is 11.6 Å². The van der Waals surface area contributed by atoms with Crippen LogP contribution in [-0.4, -0.2) is 29.3 Å². The van der Waals surface area contributed by atoms with E-state index in [0.717, 1.165) is 10.8 Å². The predicted molar refractivity (Wildman–Crippen MR) is 79.3 cm³/mol. The van der Waals surface area contributed by atoms with E-state index >= 15 is 0 Å². The summed E-state index contributed by atoms with van der Waals surface area (Å²) < 4.78 is 0. The number of carbonyl (C=O) groups is 2. The van der Waals surface area contributed by atoms with Gasteiger partial charge in [-0.2, -0.15) is 0 Å². The molecule has 0 aliphatic carbocycles. The molecule has 2 N–H and O–H groups in total. The summed E-state index contributed by atoms with van der Waals surface area (Å²) in [5.74, 6) is -0.683. The van der Waals surface area contributed by atoms with Crippen molar-refractivity contribution in [2.24, 2.45) is 5.73 Å². The molecule has 4 heteroatoms. The number of benzene rings is 2. The number of nitrogens with two attached hydrogens (primary N) is 1. The van der Waals surface area contributed by atoms with E-state index in [2.05, 4.69) is 0 Å². The zero-order valence-corrected chi connectivity index (χ0v) is 11.7. The Balaban J connectivity index is 2.35. The molecule has 0 aromatic heterocycles. The molecule has 0 aliphatic heterocycles. The average Bonchev–Trinajstić information content (AvgIpc) is 2.43. The molecule has 2 amide bonds. The molecule has 0 radical (unpaired) electrons. The number of primary amides is 1. The van der Waals surface area contributed by atoms with E-state index in [9.17, 15) is 9.59 Å². The molecule has 0 atom stereocenters. The van der Waals surface area contributed by atoms with Crippen molar-refractivity contribution in [3.8, 4) is 0 Å². The van der Waals surface area contributed by atoms with Crippen molar-refractivity contribution < 1.29 is 9.59 Å². The standard InChI is InChI=1S/C16H18N2O2/c1-11(2)18(10-15(17)19)16(20)14-8-7-12-5-3-4-6-13(12)9-14/h3-9,11H,10H2,1-2H3,(H2,17,19). The lowest BCUT2D eigenvalue weighted by Gasteiger charge is -2.25. The normalized spacial score (nSPS) is 10.8. The Morgan fingerprint density at radius 2 is 1.75 bits per heavy atom. The van der Waals surface area contributed by atoms with Crippen LogP contribution < -0.4 is 5.73 Å². The summed E-state index contributed by atoms with van der Waals surface area (Å²) in [5, 5.41) is 2.08. The van der Waals surface area contributed by atoms with E-state index in [1.807, 2.05) is 50.2 Å². The highest BCUT2D eigenvalue weighted by Crippen LogP contribution is 2.17. The molecule has 0 spiro atoms. The van der Waals surface area contributed by atoms with Crippen molar-refractivity contribution in [2.45, 2.75) is 19.9 Å². The quantitative estimate of drug-likeness (QED) is 0.925. The first-order valence-electron chi connectivity index (χ1n) is 6.57. The van der Waals surface area contributed by atoms with Crippen LogP contribution in [0.2, 0.25) is 0 Å². The third-order valence-electron chi connectivity index (χ3n) is 3.21. The number of hydrogen-bond donors (Lipinski definition) is 1. The van der Waals surface area contributed by atoms with Crippen molar-refractivity contribution in [2.75, 3.05) is 6.54 Å². The third-order valence-corrected chi connectivity index (χ3v) is 3.21. The smallest absolute Gasteiger partial charge is 0.254 e. The molecule has 0 unspecified atom stereocenters. The lowest BCUT2D eigenvalue weighted by molar-refractivity contribution is -0.119. The molecule has 2 rings (SSSR count). The summed E-state index contributed by atoms with van der Waals surface area (Å²) in [5.41, 5.74) is 5.77. The Kier molecular flexibility index (Phi) is 4.03. The van der Waals surface area contributed by atoms with Crippen LogP contribution >= 0.6 is 0 Å². The summed E-state index contributed by atoms with van der Waals surface area (Å²) >= 11 is 0. The highest BCUT2D eigenvalue weighted by molar-refractivity contribution is 6.00. The second-order valence-electron chi connectivity index (χ2n) is 5.06. The first-order chi connectivity index (χ1) is 9.49. The summed E-state index contributed by atoms with van der Waals surface area (Å²) in [6.45, 7) is 3.66. The molecular weight excluding hydrogens is 252 g/mol. The summed E-state index contributed by atoms with van der Waals surface area (Å²) in [7, 11) is 0. The molecule has 0 fully saturated rings. The maximum absolute atomic E-state index is 12.5. The molecule has 104 valence electrons. The summed E-state index contributed by atoms with van der Waals surface area (Å²) in [4.78, 5) is 25.1. The molecule has 0 aliphatic rings. The van der Waals surface area contributed by atoms with Crippen LogP contribution in [-0.2, 0) is 4.79 Å². The van der Waals surface area contributed by atoms with Crippen LogP contribution in [0.5, 0.6) is 0 Å². The van der Waals surface area contributed by atoms with Gasteiger partial charge in [0.1, 0.15) is 0 Å². The SMILES string of the molecule is CC(C)N(CC(N)=O)C(=O)c1ccc2ccccc2c1. The Bertz CT molecular complexity index is 650. The first-order valence-corrected chi connectivity index (χ1v) is 6.57. The zero-order valence-electron chi connectivity index (χ0n) is 11.7. The van der Waals surface area contributed by atoms with E-state index < -0.39 is 5.91 Å². The van der Waals surface area contributed by atoms with Gasteiger partial charge < -0.3 is 10.6 Å². The molecule has 0 saturated heterocycles.